The number of imidazole rings is 1. The summed E-state index contributed by atoms with van der Waals surface area (Å²) in [5.41, 5.74) is 1.08. The molecule has 1 heterocycles. The molecule has 8 heteroatoms. The van der Waals surface area contributed by atoms with Crippen LogP contribution in [0.2, 0.25) is 5.15 Å². The molecule has 1 aromatic carbocycles. The Morgan fingerprint density at radius 1 is 1.43 bits per heavy atom. The van der Waals surface area contributed by atoms with E-state index in [-0.39, 0.29) is 23.3 Å². The van der Waals surface area contributed by atoms with Crippen molar-refractivity contribution in [1.29, 1.82) is 0 Å². The number of ether oxygens (including phenoxy) is 1. The highest BCUT2D eigenvalue weighted by Crippen LogP contribution is 2.18. The molecule has 0 radical (unpaired) electrons. The lowest BCUT2D eigenvalue weighted by molar-refractivity contribution is 0.322. The Bertz CT molecular complexity index is 728. The van der Waals surface area contributed by atoms with Gasteiger partial charge < -0.3 is 9.30 Å². The predicted octanol–water partition coefficient (Wildman–Crippen LogP) is 1.74. The maximum absolute atomic E-state index is 12.0. The smallest absolute Gasteiger partial charge is 0.261 e. The Hall–Kier alpha value is -1.57. The molecule has 0 aliphatic carbocycles. The molecule has 2 aromatic rings. The van der Waals surface area contributed by atoms with Gasteiger partial charge in [-0.1, -0.05) is 23.7 Å². The van der Waals surface area contributed by atoms with Crippen LogP contribution in [-0.4, -0.2) is 31.1 Å². The monoisotopic (exact) mass is 329 g/mol. The molecule has 2 rings (SSSR count). The van der Waals surface area contributed by atoms with E-state index in [0.29, 0.717) is 5.75 Å². The zero-order chi connectivity index (χ0) is 15.5. The minimum absolute atomic E-state index is 0.0714. The van der Waals surface area contributed by atoms with Gasteiger partial charge in [-0.15, -0.1) is 0 Å². The van der Waals surface area contributed by atoms with Gasteiger partial charge in [-0.2, -0.15) is 0 Å². The van der Waals surface area contributed by atoms with Gasteiger partial charge in [0.25, 0.3) is 10.0 Å². The van der Waals surface area contributed by atoms with E-state index in [1.807, 2.05) is 31.2 Å². The lowest BCUT2D eigenvalue weighted by Gasteiger charge is -2.08. The molecular formula is C13H16ClN3O3S. The highest BCUT2D eigenvalue weighted by atomic mass is 35.5. The minimum atomic E-state index is -3.73. The van der Waals surface area contributed by atoms with E-state index in [1.165, 1.54) is 10.9 Å². The number of aryl methyl sites for hydroxylation is 2. The van der Waals surface area contributed by atoms with Gasteiger partial charge in [0.05, 0.1) is 6.33 Å². The van der Waals surface area contributed by atoms with Crippen molar-refractivity contribution in [3.8, 4) is 5.75 Å². The van der Waals surface area contributed by atoms with Crippen molar-refractivity contribution in [1.82, 2.24) is 14.3 Å². The van der Waals surface area contributed by atoms with E-state index in [2.05, 4.69) is 9.71 Å². The normalized spacial score (nSPS) is 11.6. The maximum Gasteiger partial charge on any atom is 0.261 e. The second kappa shape index (κ2) is 6.46. The fourth-order valence-electron chi connectivity index (χ4n) is 1.69. The van der Waals surface area contributed by atoms with Crippen molar-refractivity contribution in [2.75, 3.05) is 13.2 Å². The van der Waals surface area contributed by atoms with Crippen molar-refractivity contribution in [2.45, 2.75) is 11.9 Å². The molecule has 0 aliphatic heterocycles. The van der Waals surface area contributed by atoms with Crippen LogP contribution in [-0.2, 0) is 17.1 Å². The average Bonchev–Trinajstić information content (AvgIpc) is 2.76. The lowest BCUT2D eigenvalue weighted by Crippen LogP contribution is -2.28. The topological polar surface area (TPSA) is 73.2 Å². The Balaban J connectivity index is 1.90. The van der Waals surface area contributed by atoms with Crippen LogP contribution in [0.25, 0.3) is 0 Å². The third-order valence-electron chi connectivity index (χ3n) is 2.74. The van der Waals surface area contributed by atoms with Crippen molar-refractivity contribution in [3.05, 3.63) is 41.3 Å². The van der Waals surface area contributed by atoms with E-state index in [4.69, 9.17) is 16.3 Å². The van der Waals surface area contributed by atoms with Crippen LogP contribution in [0.5, 0.6) is 5.75 Å². The van der Waals surface area contributed by atoms with Crippen molar-refractivity contribution < 1.29 is 13.2 Å². The van der Waals surface area contributed by atoms with Gasteiger partial charge in [-0.25, -0.2) is 18.1 Å². The van der Waals surface area contributed by atoms with Gasteiger partial charge in [0.15, 0.2) is 0 Å². The van der Waals surface area contributed by atoms with Gasteiger partial charge in [-0.05, 0) is 24.6 Å². The van der Waals surface area contributed by atoms with Gasteiger partial charge in [0, 0.05) is 13.6 Å². The highest BCUT2D eigenvalue weighted by Gasteiger charge is 2.21. The van der Waals surface area contributed by atoms with Crippen LogP contribution in [0.3, 0.4) is 0 Å². The third-order valence-corrected chi connectivity index (χ3v) is 4.69. The second-order valence-electron chi connectivity index (χ2n) is 4.51. The molecule has 1 aromatic heterocycles. The number of nitrogens with one attached hydrogen (secondary N) is 1. The molecule has 0 spiro atoms. The van der Waals surface area contributed by atoms with Crippen LogP contribution in [0.1, 0.15) is 5.56 Å². The quantitative estimate of drug-likeness (QED) is 0.819. The highest BCUT2D eigenvalue weighted by molar-refractivity contribution is 7.89. The van der Waals surface area contributed by atoms with Crippen molar-refractivity contribution in [3.63, 3.8) is 0 Å². The first kappa shape index (κ1) is 15.8. The predicted molar refractivity (Wildman–Crippen MR) is 80.1 cm³/mol. The average molecular weight is 330 g/mol. The summed E-state index contributed by atoms with van der Waals surface area (Å²) in [7, 11) is -2.11. The number of nitrogens with zero attached hydrogens (tertiary/aromatic N) is 2. The number of halogens is 1. The SMILES string of the molecule is Cc1cccc(OCCNS(=O)(=O)c2ncn(C)c2Cl)c1. The molecular weight excluding hydrogens is 314 g/mol. The third kappa shape index (κ3) is 3.96. The first-order valence-electron chi connectivity index (χ1n) is 6.26. The fourth-order valence-corrected chi connectivity index (χ4v) is 3.13. The van der Waals surface area contributed by atoms with Gasteiger partial charge in [0.1, 0.15) is 17.5 Å². The molecule has 0 bridgehead atoms. The number of hydrogen-bond acceptors (Lipinski definition) is 4. The summed E-state index contributed by atoms with van der Waals surface area (Å²) in [6.45, 7) is 2.30. The lowest BCUT2D eigenvalue weighted by atomic mass is 10.2. The minimum Gasteiger partial charge on any atom is -0.492 e. The summed E-state index contributed by atoms with van der Waals surface area (Å²) in [4.78, 5) is 3.78. The largest absolute Gasteiger partial charge is 0.492 e. The maximum atomic E-state index is 12.0. The number of rotatable bonds is 6. The first-order valence-corrected chi connectivity index (χ1v) is 8.12. The molecule has 0 atom stereocenters. The Morgan fingerprint density at radius 3 is 2.81 bits per heavy atom. The van der Waals surface area contributed by atoms with Crippen molar-refractivity contribution >= 4 is 21.6 Å². The second-order valence-corrected chi connectivity index (χ2v) is 6.55. The van der Waals surface area contributed by atoms with Crippen LogP contribution < -0.4 is 9.46 Å². The molecule has 0 saturated carbocycles. The molecule has 114 valence electrons. The molecule has 0 amide bonds. The molecule has 0 unspecified atom stereocenters. The Morgan fingerprint density at radius 2 is 2.19 bits per heavy atom. The number of benzene rings is 1. The van der Waals surface area contributed by atoms with E-state index < -0.39 is 10.0 Å². The van der Waals surface area contributed by atoms with E-state index >= 15 is 0 Å². The van der Waals surface area contributed by atoms with Crippen molar-refractivity contribution in [2.24, 2.45) is 7.05 Å². The van der Waals surface area contributed by atoms with Crippen LogP contribution >= 0.6 is 11.6 Å². The number of hydrogen-bond donors (Lipinski definition) is 1. The summed E-state index contributed by atoms with van der Waals surface area (Å²) in [5.74, 6) is 0.699. The van der Waals surface area contributed by atoms with E-state index in [1.54, 1.807) is 7.05 Å². The van der Waals surface area contributed by atoms with Crippen LogP contribution in [0.15, 0.2) is 35.6 Å². The summed E-state index contributed by atoms with van der Waals surface area (Å²) in [6.07, 6.45) is 1.35. The zero-order valence-electron chi connectivity index (χ0n) is 11.7. The summed E-state index contributed by atoms with van der Waals surface area (Å²) >= 11 is 5.87. The Kier molecular flexibility index (Phi) is 4.87. The molecule has 1 N–H and O–H groups in total. The zero-order valence-corrected chi connectivity index (χ0v) is 13.3. The Labute approximate surface area is 128 Å². The number of sulfonamides is 1. The van der Waals surface area contributed by atoms with E-state index in [9.17, 15) is 8.42 Å². The number of aromatic nitrogens is 2. The van der Waals surface area contributed by atoms with Gasteiger partial charge >= 0.3 is 0 Å². The molecule has 0 aliphatic rings. The molecule has 0 fully saturated rings. The standard InChI is InChI=1S/C13H16ClN3O3S/c1-10-4-3-5-11(8-10)20-7-6-16-21(18,19)13-12(14)17(2)9-15-13/h3-5,8-9,16H,6-7H2,1-2H3. The van der Waals surface area contributed by atoms with Crippen LogP contribution in [0, 0.1) is 6.92 Å². The van der Waals surface area contributed by atoms with Gasteiger partial charge in [-0.3, -0.25) is 0 Å². The fraction of sp³-hybridized carbons (Fsp3) is 0.308. The first-order chi connectivity index (χ1) is 9.90. The van der Waals surface area contributed by atoms with Crippen LogP contribution in [0.4, 0.5) is 0 Å². The van der Waals surface area contributed by atoms with Gasteiger partial charge in [0.2, 0.25) is 5.03 Å². The molecule has 21 heavy (non-hydrogen) atoms. The summed E-state index contributed by atoms with van der Waals surface area (Å²) in [5, 5.41) is -0.107. The summed E-state index contributed by atoms with van der Waals surface area (Å²) in [6, 6.07) is 7.53. The summed E-state index contributed by atoms with van der Waals surface area (Å²) < 4.78 is 33.3. The molecule has 6 nitrogen and oxygen atoms in total. The molecule has 0 saturated heterocycles. The van der Waals surface area contributed by atoms with E-state index in [0.717, 1.165) is 5.56 Å².